The Balaban J connectivity index is 2.25. The normalized spacial score (nSPS) is 10.1. The minimum atomic E-state index is -0.329. The van der Waals surface area contributed by atoms with Crippen LogP contribution in [0.2, 0.25) is 5.15 Å². The summed E-state index contributed by atoms with van der Waals surface area (Å²) < 4.78 is 4.91. The zero-order valence-electron chi connectivity index (χ0n) is 9.76. The van der Waals surface area contributed by atoms with Gasteiger partial charge in [-0.15, -0.1) is 0 Å². The molecule has 1 aromatic heterocycles. The van der Waals surface area contributed by atoms with Crippen LogP contribution in [0.1, 0.15) is 17.3 Å². The van der Waals surface area contributed by atoms with Crippen molar-refractivity contribution in [2.24, 2.45) is 0 Å². The lowest BCUT2D eigenvalue weighted by atomic mass is 10.1. The molecule has 0 saturated carbocycles. The van der Waals surface area contributed by atoms with Gasteiger partial charge < -0.3 is 4.74 Å². The number of carbonyl (C=O) groups excluding carboxylic acids is 1. The van der Waals surface area contributed by atoms with Crippen LogP contribution in [0.25, 0.3) is 11.3 Å². The van der Waals surface area contributed by atoms with Crippen LogP contribution in [-0.4, -0.2) is 22.5 Å². The van der Waals surface area contributed by atoms with Crippen LogP contribution < -0.4 is 0 Å². The third kappa shape index (κ3) is 2.84. The molecule has 0 aliphatic heterocycles. The molecule has 0 saturated heterocycles. The van der Waals surface area contributed by atoms with Crippen LogP contribution in [-0.2, 0) is 4.74 Å². The number of hydrogen-bond donors (Lipinski definition) is 0. The van der Waals surface area contributed by atoms with Crippen molar-refractivity contribution in [3.8, 4) is 11.3 Å². The van der Waals surface area contributed by atoms with E-state index in [0.717, 1.165) is 5.56 Å². The van der Waals surface area contributed by atoms with Gasteiger partial charge in [0.05, 0.1) is 17.9 Å². The molecule has 0 unspecified atom stereocenters. The van der Waals surface area contributed by atoms with Crippen molar-refractivity contribution in [3.63, 3.8) is 0 Å². The summed E-state index contributed by atoms with van der Waals surface area (Å²) in [6.07, 6.45) is 1.40. The molecule has 92 valence electrons. The van der Waals surface area contributed by atoms with Gasteiger partial charge in [0.15, 0.2) is 0 Å². The van der Waals surface area contributed by atoms with Gasteiger partial charge in [-0.05, 0) is 19.1 Å². The quantitative estimate of drug-likeness (QED) is 0.630. The van der Waals surface area contributed by atoms with Crippen molar-refractivity contribution >= 4 is 17.6 Å². The van der Waals surface area contributed by atoms with Crippen molar-refractivity contribution in [3.05, 3.63) is 47.4 Å². The molecular weight excluding hydrogens is 252 g/mol. The van der Waals surface area contributed by atoms with Crippen molar-refractivity contribution in [2.75, 3.05) is 6.61 Å². The van der Waals surface area contributed by atoms with Gasteiger partial charge in [-0.1, -0.05) is 23.7 Å². The fourth-order valence-corrected chi connectivity index (χ4v) is 1.63. The molecule has 0 spiro atoms. The summed E-state index contributed by atoms with van der Waals surface area (Å²) in [5, 5.41) is 0.384. The lowest BCUT2D eigenvalue weighted by Gasteiger charge is -2.03. The lowest BCUT2D eigenvalue weighted by molar-refractivity contribution is 0.0526. The molecule has 0 amide bonds. The van der Waals surface area contributed by atoms with Crippen LogP contribution in [0.3, 0.4) is 0 Å². The molecule has 0 radical (unpaired) electrons. The topological polar surface area (TPSA) is 52.1 Å². The van der Waals surface area contributed by atoms with Gasteiger partial charge in [0, 0.05) is 11.6 Å². The minimum Gasteiger partial charge on any atom is -0.462 e. The van der Waals surface area contributed by atoms with E-state index in [0.29, 0.717) is 23.0 Å². The van der Waals surface area contributed by atoms with Gasteiger partial charge >= 0.3 is 5.97 Å². The molecule has 5 heteroatoms. The Kier molecular flexibility index (Phi) is 3.89. The van der Waals surface area contributed by atoms with Crippen LogP contribution in [0.4, 0.5) is 0 Å². The van der Waals surface area contributed by atoms with E-state index in [-0.39, 0.29) is 5.97 Å². The van der Waals surface area contributed by atoms with Crippen LogP contribution in [0, 0.1) is 0 Å². The predicted molar refractivity (Wildman–Crippen MR) is 68.4 cm³/mol. The van der Waals surface area contributed by atoms with Crippen LogP contribution in [0.5, 0.6) is 0 Å². The average Bonchev–Trinajstić information content (AvgIpc) is 2.39. The van der Waals surface area contributed by atoms with E-state index in [4.69, 9.17) is 16.3 Å². The first kappa shape index (κ1) is 12.5. The summed E-state index contributed by atoms with van der Waals surface area (Å²) in [4.78, 5) is 19.4. The molecular formula is C13H11ClN2O2. The number of aromatic nitrogens is 2. The molecule has 2 aromatic rings. The van der Waals surface area contributed by atoms with E-state index in [2.05, 4.69) is 9.97 Å². The fraction of sp³-hybridized carbons (Fsp3) is 0.154. The third-order valence-corrected chi connectivity index (χ3v) is 2.53. The molecule has 1 aromatic carbocycles. The molecule has 0 N–H and O–H groups in total. The Morgan fingerprint density at radius 2 is 2.00 bits per heavy atom. The molecule has 0 atom stereocenters. The Morgan fingerprint density at radius 1 is 1.28 bits per heavy atom. The summed E-state index contributed by atoms with van der Waals surface area (Å²) in [6.45, 7) is 2.14. The Hall–Kier alpha value is -1.94. The number of halogens is 1. The predicted octanol–water partition coefficient (Wildman–Crippen LogP) is 2.97. The molecule has 2 rings (SSSR count). The highest BCUT2D eigenvalue weighted by molar-refractivity contribution is 6.29. The third-order valence-electron chi connectivity index (χ3n) is 2.33. The van der Waals surface area contributed by atoms with Crippen molar-refractivity contribution in [1.29, 1.82) is 0 Å². The smallest absolute Gasteiger partial charge is 0.338 e. The Labute approximate surface area is 110 Å². The van der Waals surface area contributed by atoms with Gasteiger partial charge in [0.1, 0.15) is 11.5 Å². The maximum atomic E-state index is 11.5. The highest BCUT2D eigenvalue weighted by Crippen LogP contribution is 2.19. The second kappa shape index (κ2) is 5.60. The van der Waals surface area contributed by atoms with Gasteiger partial charge in [-0.3, -0.25) is 0 Å². The van der Waals surface area contributed by atoms with Gasteiger partial charge in [-0.25, -0.2) is 14.8 Å². The van der Waals surface area contributed by atoms with Crippen LogP contribution in [0.15, 0.2) is 36.7 Å². The maximum Gasteiger partial charge on any atom is 0.338 e. The number of nitrogens with zero attached hydrogens (tertiary/aromatic N) is 2. The first-order valence-corrected chi connectivity index (χ1v) is 5.83. The molecule has 0 bridgehead atoms. The first-order chi connectivity index (χ1) is 8.70. The number of benzene rings is 1. The van der Waals surface area contributed by atoms with E-state index >= 15 is 0 Å². The summed E-state index contributed by atoms with van der Waals surface area (Å²) in [5.41, 5.74) is 2.10. The fourth-order valence-electron chi connectivity index (χ4n) is 1.48. The van der Waals surface area contributed by atoms with Crippen molar-refractivity contribution in [2.45, 2.75) is 6.92 Å². The van der Waals surface area contributed by atoms with E-state index < -0.39 is 0 Å². The summed E-state index contributed by atoms with van der Waals surface area (Å²) >= 11 is 5.79. The minimum absolute atomic E-state index is 0.329. The number of esters is 1. The molecule has 0 fully saturated rings. The van der Waals surface area contributed by atoms with E-state index in [9.17, 15) is 4.79 Å². The summed E-state index contributed by atoms with van der Waals surface area (Å²) in [7, 11) is 0. The number of rotatable bonds is 3. The van der Waals surface area contributed by atoms with E-state index in [1.54, 1.807) is 37.3 Å². The first-order valence-electron chi connectivity index (χ1n) is 5.46. The maximum absolute atomic E-state index is 11.5. The van der Waals surface area contributed by atoms with Crippen LogP contribution >= 0.6 is 11.6 Å². The standard InChI is InChI=1S/C13H11ClN2O2/c1-2-18-13(17)10-5-3-9(4-6-10)11-7-12(14)16-8-15-11/h3-8H,2H2,1H3. The Bertz CT molecular complexity index is 555. The van der Waals surface area contributed by atoms with Crippen molar-refractivity contribution < 1.29 is 9.53 Å². The highest BCUT2D eigenvalue weighted by Gasteiger charge is 2.07. The van der Waals surface area contributed by atoms with E-state index in [1.807, 2.05) is 0 Å². The summed E-state index contributed by atoms with van der Waals surface area (Å²) in [5.74, 6) is -0.329. The average molecular weight is 263 g/mol. The van der Waals surface area contributed by atoms with Crippen molar-refractivity contribution in [1.82, 2.24) is 9.97 Å². The highest BCUT2D eigenvalue weighted by atomic mass is 35.5. The molecule has 0 aliphatic carbocycles. The lowest BCUT2D eigenvalue weighted by Crippen LogP contribution is -2.04. The van der Waals surface area contributed by atoms with Gasteiger partial charge in [0.2, 0.25) is 0 Å². The zero-order valence-corrected chi connectivity index (χ0v) is 10.5. The van der Waals surface area contributed by atoms with Gasteiger partial charge in [-0.2, -0.15) is 0 Å². The molecule has 1 heterocycles. The summed E-state index contributed by atoms with van der Waals surface area (Å²) in [6, 6.07) is 8.66. The van der Waals surface area contributed by atoms with E-state index in [1.165, 1.54) is 6.33 Å². The molecule has 4 nitrogen and oxygen atoms in total. The largest absolute Gasteiger partial charge is 0.462 e. The monoisotopic (exact) mass is 262 g/mol. The van der Waals surface area contributed by atoms with Gasteiger partial charge in [0.25, 0.3) is 0 Å². The second-order valence-corrected chi connectivity index (χ2v) is 3.91. The Morgan fingerprint density at radius 3 is 2.61 bits per heavy atom. The second-order valence-electron chi connectivity index (χ2n) is 3.52. The molecule has 18 heavy (non-hydrogen) atoms. The zero-order chi connectivity index (χ0) is 13.0. The SMILES string of the molecule is CCOC(=O)c1ccc(-c2cc(Cl)ncn2)cc1. The molecule has 0 aliphatic rings. The number of ether oxygens (including phenoxy) is 1. The number of carbonyl (C=O) groups is 1. The number of hydrogen-bond acceptors (Lipinski definition) is 4.